The monoisotopic (exact) mass is 217 g/mol. The van der Waals surface area contributed by atoms with Crippen LogP contribution >= 0.6 is 0 Å². The summed E-state index contributed by atoms with van der Waals surface area (Å²) in [6.45, 7) is 8.50. The van der Waals surface area contributed by atoms with E-state index in [1.165, 1.54) is 27.6 Å². The molecule has 0 fully saturated rings. The van der Waals surface area contributed by atoms with Gasteiger partial charge in [0.2, 0.25) is 0 Å². The Morgan fingerprint density at radius 2 is 1.88 bits per heavy atom. The molecule has 2 nitrogen and oxygen atoms in total. The van der Waals surface area contributed by atoms with E-state index in [4.69, 9.17) is 10.2 Å². The zero-order chi connectivity index (χ0) is 11.9. The van der Waals surface area contributed by atoms with Crippen molar-refractivity contribution in [3.8, 4) is 0 Å². The second-order valence-corrected chi connectivity index (χ2v) is 4.70. The summed E-state index contributed by atoms with van der Waals surface area (Å²) in [5.74, 6) is 0. The summed E-state index contributed by atoms with van der Waals surface area (Å²) < 4.78 is 5.61. The van der Waals surface area contributed by atoms with E-state index in [2.05, 4.69) is 20.8 Å². The first-order valence-electron chi connectivity index (χ1n) is 5.73. The van der Waals surface area contributed by atoms with Crippen LogP contribution in [0.25, 0.3) is 11.0 Å². The fraction of sp³-hybridized carbons (Fsp3) is 0.429. The molecule has 0 bridgehead atoms. The summed E-state index contributed by atoms with van der Waals surface area (Å²) in [4.78, 5) is 0. The number of hydrogen-bond donors (Lipinski definition) is 1. The predicted molar refractivity (Wildman–Crippen MR) is 67.8 cm³/mol. The molecule has 2 aromatic rings. The van der Waals surface area contributed by atoms with Crippen LogP contribution in [0.2, 0.25) is 0 Å². The highest BCUT2D eigenvalue weighted by Crippen LogP contribution is 2.30. The van der Waals surface area contributed by atoms with Gasteiger partial charge in [-0.05, 0) is 56.9 Å². The molecule has 0 saturated heterocycles. The summed E-state index contributed by atoms with van der Waals surface area (Å²) in [7, 11) is 0. The standard InChI is InChI=1S/C14H19NO/c1-8(15)7-13-11(4)9(2)10(3)12-5-6-16-14(12)13/h5-6,8H,7,15H2,1-4H3. The van der Waals surface area contributed by atoms with Crippen molar-refractivity contribution < 1.29 is 4.42 Å². The molecule has 1 unspecified atom stereocenters. The molecule has 0 aliphatic rings. The zero-order valence-electron chi connectivity index (χ0n) is 10.4. The third kappa shape index (κ3) is 1.63. The molecule has 0 amide bonds. The van der Waals surface area contributed by atoms with Crippen LogP contribution in [0.5, 0.6) is 0 Å². The van der Waals surface area contributed by atoms with Crippen LogP contribution in [-0.4, -0.2) is 6.04 Å². The molecule has 0 spiro atoms. The molecule has 0 aliphatic carbocycles. The number of nitrogens with two attached hydrogens (primary N) is 1. The van der Waals surface area contributed by atoms with E-state index in [-0.39, 0.29) is 6.04 Å². The fourth-order valence-corrected chi connectivity index (χ4v) is 2.29. The number of rotatable bonds is 2. The number of furan rings is 1. The topological polar surface area (TPSA) is 39.2 Å². The number of aryl methyl sites for hydroxylation is 1. The molecule has 2 rings (SSSR count). The van der Waals surface area contributed by atoms with Gasteiger partial charge in [0.05, 0.1) is 6.26 Å². The number of fused-ring (bicyclic) bond motifs is 1. The van der Waals surface area contributed by atoms with Crippen molar-refractivity contribution in [2.45, 2.75) is 40.2 Å². The van der Waals surface area contributed by atoms with Crippen molar-refractivity contribution in [2.24, 2.45) is 5.73 Å². The van der Waals surface area contributed by atoms with Crippen molar-refractivity contribution in [3.05, 3.63) is 34.6 Å². The molecule has 16 heavy (non-hydrogen) atoms. The smallest absolute Gasteiger partial charge is 0.137 e. The maximum Gasteiger partial charge on any atom is 0.137 e. The van der Waals surface area contributed by atoms with Gasteiger partial charge < -0.3 is 10.2 Å². The van der Waals surface area contributed by atoms with Gasteiger partial charge >= 0.3 is 0 Å². The van der Waals surface area contributed by atoms with Crippen molar-refractivity contribution in [2.75, 3.05) is 0 Å². The Balaban J connectivity index is 2.75. The zero-order valence-corrected chi connectivity index (χ0v) is 10.4. The number of hydrogen-bond acceptors (Lipinski definition) is 2. The summed E-state index contributed by atoms with van der Waals surface area (Å²) in [6, 6.07) is 2.20. The molecular formula is C14H19NO. The molecule has 2 heteroatoms. The summed E-state index contributed by atoms with van der Waals surface area (Å²) in [6.07, 6.45) is 2.64. The van der Waals surface area contributed by atoms with Gasteiger partial charge in [-0.1, -0.05) is 0 Å². The van der Waals surface area contributed by atoms with Crippen LogP contribution in [-0.2, 0) is 6.42 Å². The molecule has 86 valence electrons. The second-order valence-electron chi connectivity index (χ2n) is 4.70. The van der Waals surface area contributed by atoms with Gasteiger partial charge in [0, 0.05) is 17.0 Å². The Labute approximate surface area is 96.4 Å². The molecule has 1 heterocycles. The Morgan fingerprint density at radius 1 is 1.19 bits per heavy atom. The summed E-state index contributed by atoms with van der Waals surface area (Å²) >= 11 is 0. The van der Waals surface area contributed by atoms with E-state index in [0.717, 1.165) is 12.0 Å². The molecule has 0 aliphatic heterocycles. The SMILES string of the molecule is Cc1c(C)c(CC(C)N)c2occc2c1C. The van der Waals surface area contributed by atoms with Gasteiger partial charge in [0.1, 0.15) is 5.58 Å². The number of benzene rings is 1. The van der Waals surface area contributed by atoms with E-state index in [9.17, 15) is 0 Å². The third-order valence-electron chi connectivity index (χ3n) is 3.45. The Morgan fingerprint density at radius 3 is 2.50 bits per heavy atom. The molecule has 0 radical (unpaired) electrons. The second kappa shape index (κ2) is 3.95. The molecular weight excluding hydrogens is 198 g/mol. The Hall–Kier alpha value is -1.28. The molecule has 1 aromatic carbocycles. The Kier molecular flexibility index (Phi) is 2.76. The van der Waals surface area contributed by atoms with Crippen LogP contribution in [0.15, 0.2) is 16.7 Å². The fourth-order valence-electron chi connectivity index (χ4n) is 2.29. The molecule has 0 saturated carbocycles. The average Bonchev–Trinajstić information content (AvgIpc) is 2.69. The van der Waals surface area contributed by atoms with E-state index < -0.39 is 0 Å². The van der Waals surface area contributed by atoms with Crippen LogP contribution in [0, 0.1) is 20.8 Å². The first-order chi connectivity index (χ1) is 7.52. The maximum atomic E-state index is 5.90. The van der Waals surface area contributed by atoms with Gasteiger partial charge in [0.15, 0.2) is 0 Å². The Bertz CT molecular complexity index is 523. The highest BCUT2D eigenvalue weighted by molar-refractivity contribution is 5.86. The van der Waals surface area contributed by atoms with Gasteiger partial charge in [0.25, 0.3) is 0 Å². The largest absolute Gasteiger partial charge is 0.464 e. The summed E-state index contributed by atoms with van der Waals surface area (Å²) in [5.41, 5.74) is 12.2. The first kappa shape index (κ1) is 11.2. The van der Waals surface area contributed by atoms with Gasteiger partial charge in [-0.2, -0.15) is 0 Å². The molecule has 1 aromatic heterocycles. The quantitative estimate of drug-likeness (QED) is 0.838. The van der Waals surface area contributed by atoms with Crippen molar-refractivity contribution in [1.82, 2.24) is 0 Å². The van der Waals surface area contributed by atoms with Crippen molar-refractivity contribution in [1.29, 1.82) is 0 Å². The van der Waals surface area contributed by atoms with E-state index in [1.54, 1.807) is 6.26 Å². The molecule has 2 N–H and O–H groups in total. The maximum absolute atomic E-state index is 5.90. The van der Waals surface area contributed by atoms with E-state index in [1.807, 2.05) is 13.0 Å². The van der Waals surface area contributed by atoms with Crippen LogP contribution in [0.1, 0.15) is 29.2 Å². The average molecular weight is 217 g/mol. The minimum atomic E-state index is 0.161. The van der Waals surface area contributed by atoms with Gasteiger partial charge in [-0.15, -0.1) is 0 Å². The van der Waals surface area contributed by atoms with Crippen LogP contribution in [0.3, 0.4) is 0 Å². The predicted octanol–water partition coefficient (Wildman–Crippen LogP) is 3.25. The lowest BCUT2D eigenvalue weighted by Gasteiger charge is -2.14. The first-order valence-corrected chi connectivity index (χ1v) is 5.73. The van der Waals surface area contributed by atoms with Gasteiger partial charge in [-0.25, -0.2) is 0 Å². The van der Waals surface area contributed by atoms with Crippen LogP contribution < -0.4 is 5.73 Å². The summed E-state index contributed by atoms with van der Waals surface area (Å²) in [5, 5.41) is 1.22. The lowest BCUT2D eigenvalue weighted by molar-refractivity contribution is 0.605. The lowest BCUT2D eigenvalue weighted by atomic mass is 9.92. The highest BCUT2D eigenvalue weighted by Gasteiger charge is 2.15. The van der Waals surface area contributed by atoms with Gasteiger partial charge in [-0.3, -0.25) is 0 Å². The lowest BCUT2D eigenvalue weighted by Crippen LogP contribution is -2.18. The normalized spacial score (nSPS) is 13.3. The van der Waals surface area contributed by atoms with E-state index in [0.29, 0.717) is 0 Å². The van der Waals surface area contributed by atoms with E-state index >= 15 is 0 Å². The minimum Gasteiger partial charge on any atom is -0.464 e. The van der Waals surface area contributed by atoms with Crippen molar-refractivity contribution >= 4 is 11.0 Å². The minimum absolute atomic E-state index is 0.161. The highest BCUT2D eigenvalue weighted by atomic mass is 16.3. The van der Waals surface area contributed by atoms with Crippen molar-refractivity contribution in [3.63, 3.8) is 0 Å². The van der Waals surface area contributed by atoms with Crippen LogP contribution in [0.4, 0.5) is 0 Å². The molecule has 1 atom stereocenters. The third-order valence-corrected chi connectivity index (χ3v) is 3.45.